The van der Waals surface area contributed by atoms with E-state index in [0.717, 1.165) is 12.1 Å². The summed E-state index contributed by atoms with van der Waals surface area (Å²) in [6.07, 6.45) is -11.4. The van der Waals surface area contributed by atoms with Crippen LogP contribution in [0.4, 0.5) is 49.6 Å². The van der Waals surface area contributed by atoms with Crippen LogP contribution in [0.3, 0.4) is 0 Å². The van der Waals surface area contributed by atoms with Gasteiger partial charge < -0.3 is 5.32 Å². The van der Waals surface area contributed by atoms with Crippen LogP contribution < -0.4 is 5.32 Å². The number of nitrogens with one attached hydrogen (secondary N) is 1. The van der Waals surface area contributed by atoms with Crippen molar-refractivity contribution in [2.75, 3.05) is 5.32 Å². The van der Waals surface area contributed by atoms with E-state index in [1.165, 1.54) is 5.32 Å². The van der Waals surface area contributed by atoms with Crippen molar-refractivity contribution in [3.05, 3.63) is 64.2 Å². The van der Waals surface area contributed by atoms with E-state index in [9.17, 15) is 48.7 Å². The molecule has 1 N–H and O–H groups in total. The fourth-order valence-electron chi connectivity index (χ4n) is 2.22. The van der Waals surface area contributed by atoms with Crippen LogP contribution in [0.5, 0.6) is 0 Å². The zero-order valence-corrected chi connectivity index (χ0v) is 13.2. The minimum atomic E-state index is -5.75. The molecule has 0 saturated carbocycles. The lowest BCUT2D eigenvalue weighted by atomic mass is 10.1. The Morgan fingerprint density at radius 1 is 0.821 bits per heavy atom. The molecule has 0 aliphatic heterocycles. The molecule has 2 aromatic rings. The highest BCUT2D eigenvalue weighted by Gasteiger charge is 2.42. The SMILES string of the molecule is O=C(Cc1cccc(C(F)(F)F)c1)Nc1c(F)c(F)c(C(F)(F)F)c(F)c1F. The highest BCUT2D eigenvalue weighted by Crippen LogP contribution is 2.38. The van der Waals surface area contributed by atoms with Gasteiger partial charge in [0.15, 0.2) is 23.3 Å². The maximum absolute atomic E-state index is 13.7. The molecule has 0 saturated heterocycles. The molecule has 1 amide bonds. The summed E-state index contributed by atoms with van der Waals surface area (Å²) in [5, 5.41) is 1.33. The molecule has 152 valence electrons. The van der Waals surface area contributed by atoms with Crippen LogP contribution in [0, 0.1) is 23.3 Å². The van der Waals surface area contributed by atoms with Gasteiger partial charge in [0.25, 0.3) is 0 Å². The van der Waals surface area contributed by atoms with Gasteiger partial charge in [0, 0.05) is 0 Å². The van der Waals surface area contributed by atoms with Gasteiger partial charge in [-0.3, -0.25) is 4.79 Å². The molecule has 0 aliphatic rings. The van der Waals surface area contributed by atoms with Crippen molar-refractivity contribution in [2.24, 2.45) is 0 Å². The summed E-state index contributed by atoms with van der Waals surface area (Å²) in [6, 6.07) is 3.21. The summed E-state index contributed by atoms with van der Waals surface area (Å²) < 4.78 is 130. The standard InChI is InChI=1S/C16H7F10NO/c17-10-9(16(24,25)26)11(18)13(20)14(12(10)19)27-8(28)5-6-2-1-3-7(4-6)15(21,22)23/h1-4H,5H2,(H,27,28). The molecule has 0 heterocycles. The minimum Gasteiger partial charge on any atom is -0.321 e. The van der Waals surface area contributed by atoms with Crippen LogP contribution in [0.15, 0.2) is 24.3 Å². The molecule has 0 radical (unpaired) electrons. The summed E-state index contributed by atoms with van der Waals surface area (Å²) in [6.45, 7) is 0. The normalized spacial score (nSPS) is 12.2. The Kier molecular flexibility index (Phi) is 5.62. The van der Waals surface area contributed by atoms with Crippen LogP contribution in [0.2, 0.25) is 0 Å². The summed E-state index contributed by atoms with van der Waals surface area (Å²) >= 11 is 0. The zero-order valence-electron chi connectivity index (χ0n) is 13.2. The molecule has 12 heteroatoms. The highest BCUT2D eigenvalue weighted by atomic mass is 19.4. The Balaban J connectivity index is 2.33. The predicted molar refractivity (Wildman–Crippen MR) is 75.1 cm³/mol. The highest BCUT2D eigenvalue weighted by molar-refractivity contribution is 5.92. The maximum atomic E-state index is 13.7. The Morgan fingerprint density at radius 3 is 1.82 bits per heavy atom. The molecule has 28 heavy (non-hydrogen) atoms. The summed E-state index contributed by atoms with van der Waals surface area (Å²) in [4.78, 5) is 11.8. The van der Waals surface area contributed by atoms with Crippen LogP contribution in [0.1, 0.15) is 16.7 Å². The monoisotopic (exact) mass is 419 g/mol. The van der Waals surface area contributed by atoms with E-state index < -0.39 is 64.8 Å². The summed E-state index contributed by atoms with van der Waals surface area (Å²) in [5.41, 5.74) is -6.07. The third-order valence-corrected chi connectivity index (χ3v) is 3.43. The Labute approximate surface area is 149 Å². The number of benzene rings is 2. The van der Waals surface area contributed by atoms with Gasteiger partial charge in [-0.25, -0.2) is 17.6 Å². The molecule has 2 aromatic carbocycles. The Bertz CT molecular complexity index is 888. The second-order valence-corrected chi connectivity index (χ2v) is 5.43. The molecule has 0 fully saturated rings. The second-order valence-electron chi connectivity index (χ2n) is 5.43. The maximum Gasteiger partial charge on any atom is 0.422 e. The van der Waals surface area contributed by atoms with E-state index >= 15 is 0 Å². The molecule has 0 atom stereocenters. The van der Waals surface area contributed by atoms with Gasteiger partial charge in [-0.2, -0.15) is 26.3 Å². The van der Waals surface area contributed by atoms with E-state index in [0.29, 0.717) is 12.1 Å². The molecule has 2 nitrogen and oxygen atoms in total. The van der Waals surface area contributed by atoms with Gasteiger partial charge in [0.2, 0.25) is 5.91 Å². The van der Waals surface area contributed by atoms with Crippen molar-refractivity contribution in [1.82, 2.24) is 0 Å². The molecule has 0 aliphatic carbocycles. The van der Waals surface area contributed by atoms with Gasteiger partial charge in [-0.15, -0.1) is 0 Å². The minimum absolute atomic E-state index is 0.277. The number of carbonyl (C=O) groups is 1. The Hall–Kier alpha value is -2.79. The lowest BCUT2D eigenvalue weighted by Gasteiger charge is -2.15. The van der Waals surface area contributed by atoms with Crippen molar-refractivity contribution >= 4 is 11.6 Å². The fraction of sp³-hybridized carbons (Fsp3) is 0.188. The smallest absolute Gasteiger partial charge is 0.321 e. The number of hydrogen-bond acceptors (Lipinski definition) is 1. The number of rotatable bonds is 3. The van der Waals surface area contributed by atoms with Gasteiger partial charge in [-0.05, 0) is 11.6 Å². The van der Waals surface area contributed by atoms with E-state index in [4.69, 9.17) is 0 Å². The molecular formula is C16H7F10NO. The van der Waals surface area contributed by atoms with Crippen LogP contribution in [0.25, 0.3) is 0 Å². The van der Waals surface area contributed by atoms with Gasteiger partial charge >= 0.3 is 12.4 Å². The molecule has 0 unspecified atom stereocenters. The number of hydrogen-bond donors (Lipinski definition) is 1. The third-order valence-electron chi connectivity index (χ3n) is 3.43. The number of anilines is 1. The number of alkyl halides is 6. The first-order valence-electron chi connectivity index (χ1n) is 7.12. The largest absolute Gasteiger partial charge is 0.422 e. The van der Waals surface area contributed by atoms with E-state index in [1.807, 2.05) is 0 Å². The lowest BCUT2D eigenvalue weighted by molar-refractivity contribution is -0.143. The number of halogens is 10. The average molecular weight is 419 g/mol. The van der Waals surface area contributed by atoms with E-state index in [1.54, 1.807) is 0 Å². The predicted octanol–water partition coefficient (Wildman–Crippen LogP) is 5.46. The quantitative estimate of drug-likeness (QED) is 0.520. The molecule has 0 spiro atoms. The molecular weight excluding hydrogens is 412 g/mol. The topological polar surface area (TPSA) is 29.1 Å². The molecule has 0 bridgehead atoms. The van der Waals surface area contributed by atoms with E-state index in [2.05, 4.69) is 0 Å². The fourth-order valence-corrected chi connectivity index (χ4v) is 2.22. The average Bonchev–Trinajstić information content (AvgIpc) is 2.55. The first-order chi connectivity index (χ1) is 12.7. The van der Waals surface area contributed by atoms with Crippen LogP contribution in [-0.2, 0) is 23.6 Å². The van der Waals surface area contributed by atoms with E-state index in [-0.39, 0.29) is 5.56 Å². The van der Waals surface area contributed by atoms with Gasteiger partial charge in [0.05, 0.1) is 12.0 Å². The van der Waals surface area contributed by atoms with Gasteiger partial charge in [-0.1, -0.05) is 18.2 Å². The number of carbonyl (C=O) groups excluding carboxylic acids is 1. The molecule has 2 rings (SSSR count). The van der Waals surface area contributed by atoms with Crippen LogP contribution in [-0.4, -0.2) is 5.91 Å². The Morgan fingerprint density at radius 2 is 1.36 bits per heavy atom. The second kappa shape index (κ2) is 7.32. The first kappa shape index (κ1) is 21.5. The van der Waals surface area contributed by atoms with Crippen LogP contribution >= 0.6 is 0 Å². The van der Waals surface area contributed by atoms with Crippen molar-refractivity contribution in [3.8, 4) is 0 Å². The third kappa shape index (κ3) is 4.37. The lowest BCUT2D eigenvalue weighted by Crippen LogP contribution is -2.21. The van der Waals surface area contributed by atoms with Crippen molar-refractivity contribution in [2.45, 2.75) is 18.8 Å². The summed E-state index contributed by atoms with van der Waals surface area (Å²) in [5.74, 6) is -12.0. The zero-order chi connectivity index (χ0) is 21.4. The van der Waals surface area contributed by atoms with Crippen molar-refractivity contribution in [3.63, 3.8) is 0 Å². The molecule has 0 aromatic heterocycles. The van der Waals surface area contributed by atoms with Crippen molar-refractivity contribution < 1.29 is 48.7 Å². The van der Waals surface area contributed by atoms with Crippen molar-refractivity contribution in [1.29, 1.82) is 0 Å². The first-order valence-corrected chi connectivity index (χ1v) is 7.12. The van der Waals surface area contributed by atoms with Gasteiger partial charge in [0.1, 0.15) is 11.3 Å². The summed E-state index contributed by atoms with van der Waals surface area (Å²) in [7, 11) is 0. The number of amides is 1.